The zero-order valence-corrected chi connectivity index (χ0v) is 57.7. The fourth-order valence-corrected chi connectivity index (χ4v) is 13.1. The van der Waals surface area contributed by atoms with Crippen LogP contribution in [-0.4, -0.2) is 246 Å². The van der Waals surface area contributed by atoms with Crippen LogP contribution in [-0.2, 0) is 47.5 Å². The average Bonchev–Trinajstić information content (AvgIpc) is 0.786. The molecule has 0 spiro atoms. The van der Waals surface area contributed by atoms with Crippen molar-refractivity contribution in [2.75, 3.05) is 33.0 Å². The lowest BCUT2D eigenvalue weighted by molar-refractivity contribution is -0.387. The summed E-state index contributed by atoms with van der Waals surface area (Å²) in [7, 11) is 0. The third kappa shape index (κ3) is 30.9. The van der Waals surface area contributed by atoms with Crippen LogP contribution < -0.4 is 10.6 Å². The van der Waals surface area contributed by atoms with E-state index in [9.17, 15) is 76.0 Å². The Morgan fingerprint density at radius 2 is 0.768 bits per heavy atom. The lowest BCUT2D eigenvalue weighted by Gasteiger charge is -2.49. The topological polar surface area (TPSA) is 395 Å². The van der Waals surface area contributed by atoms with E-state index in [-0.39, 0.29) is 12.3 Å². The van der Waals surface area contributed by atoms with Gasteiger partial charge in [0.2, 0.25) is 11.8 Å². The summed E-state index contributed by atoms with van der Waals surface area (Å²) in [5.41, 5.74) is 0. The van der Waals surface area contributed by atoms with E-state index >= 15 is 0 Å². The molecule has 8 unspecified atom stereocenters. The maximum absolute atomic E-state index is 13.5. The third-order valence-corrected chi connectivity index (χ3v) is 19.1. The zero-order chi connectivity index (χ0) is 69.3. The largest absolute Gasteiger partial charge is 0.394 e. The molecule has 0 saturated carbocycles. The number of rotatable bonds is 53. The van der Waals surface area contributed by atoms with Crippen molar-refractivity contribution in [2.45, 2.75) is 387 Å². The van der Waals surface area contributed by atoms with Gasteiger partial charge in [-0.3, -0.25) is 9.59 Å². The number of hydrogen-bond donors (Lipinski definition) is 15. The van der Waals surface area contributed by atoms with Crippen molar-refractivity contribution < 1.29 is 114 Å². The van der Waals surface area contributed by atoms with Crippen molar-refractivity contribution in [3.05, 3.63) is 12.2 Å². The maximum Gasteiger partial charge on any atom is 0.220 e. The maximum atomic E-state index is 13.5. The summed E-state index contributed by atoms with van der Waals surface area (Å²) in [6.07, 6.45) is 10.8. The van der Waals surface area contributed by atoms with Crippen LogP contribution in [0.3, 0.4) is 0 Å². The fourth-order valence-electron chi connectivity index (χ4n) is 13.1. The monoisotopic (exact) mass is 1370 g/mol. The van der Waals surface area contributed by atoms with Gasteiger partial charge in [0.25, 0.3) is 0 Å². The van der Waals surface area contributed by atoms with Crippen LogP contribution in [0.15, 0.2) is 12.2 Å². The number of ether oxygens (including phenoxy) is 8. The zero-order valence-electron chi connectivity index (χ0n) is 57.7. The molecule has 2 amide bonds. The SMILES string of the molecule is CCCCCCCCCCCCC/C=C/[C@@H](O)[C@H](CO[C@@H]1OC(CO)[C@@H](O[C@@H]2OC(CO)[C@H](O)[C@H](O[C@H]3OC(CO)[C@H](O)[C@H](O[C@@H]4OC(CO)[C@@H](O)[C@H](O)C4NC(C)=O)C3O)C2O)[C@H](O)C1O)NC(=O)CCCCCCCCCCCCCCCCCCCCCCCCC. The molecule has 0 aromatic carbocycles. The molecule has 95 heavy (non-hydrogen) atoms. The Kier molecular flexibility index (Phi) is 45.1. The summed E-state index contributed by atoms with van der Waals surface area (Å²) in [4.78, 5) is 25.6. The highest BCUT2D eigenvalue weighted by molar-refractivity contribution is 5.76. The molecule has 0 aromatic heterocycles. The summed E-state index contributed by atoms with van der Waals surface area (Å²) >= 11 is 0. The molecule has 0 bridgehead atoms. The molecule has 0 aromatic rings. The van der Waals surface area contributed by atoms with Crippen molar-refractivity contribution in [2.24, 2.45) is 0 Å². The van der Waals surface area contributed by atoms with Gasteiger partial charge in [0.05, 0.1) is 45.2 Å². The predicted octanol–water partition coefficient (Wildman–Crippen LogP) is 4.90. The molecule has 22 atom stereocenters. The van der Waals surface area contributed by atoms with E-state index in [1.54, 1.807) is 6.08 Å². The first-order chi connectivity index (χ1) is 46.0. The molecule has 0 radical (unpaired) electrons. The second-order valence-electron chi connectivity index (χ2n) is 27.1. The van der Waals surface area contributed by atoms with Gasteiger partial charge in [-0.1, -0.05) is 231 Å². The predicted molar refractivity (Wildman–Crippen MR) is 354 cm³/mol. The van der Waals surface area contributed by atoms with Crippen LogP contribution in [0.1, 0.15) is 252 Å². The smallest absolute Gasteiger partial charge is 0.220 e. The molecule has 4 rings (SSSR count). The van der Waals surface area contributed by atoms with Gasteiger partial charge in [-0.2, -0.15) is 0 Å². The highest BCUT2D eigenvalue weighted by Crippen LogP contribution is 2.35. The number of aliphatic hydroxyl groups is 13. The Morgan fingerprint density at radius 3 is 1.18 bits per heavy atom. The molecule has 15 N–H and O–H groups in total. The van der Waals surface area contributed by atoms with Gasteiger partial charge < -0.3 is 115 Å². The molecule has 4 fully saturated rings. The second-order valence-corrected chi connectivity index (χ2v) is 27.1. The highest BCUT2D eigenvalue weighted by Gasteiger charge is 2.56. The van der Waals surface area contributed by atoms with Crippen molar-refractivity contribution in [1.82, 2.24) is 10.6 Å². The minimum atomic E-state index is -2.11. The Balaban J connectivity index is 1.30. The third-order valence-electron chi connectivity index (χ3n) is 19.1. The number of aliphatic hydroxyl groups excluding tert-OH is 13. The van der Waals surface area contributed by atoms with E-state index in [1.807, 2.05) is 6.08 Å². The normalized spacial score (nSPS) is 32.0. The van der Waals surface area contributed by atoms with Crippen molar-refractivity contribution >= 4 is 11.8 Å². The molecule has 25 nitrogen and oxygen atoms in total. The molecule has 558 valence electrons. The van der Waals surface area contributed by atoms with E-state index in [0.29, 0.717) is 12.8 Å². The standard InChI is InChI=1S/C70H130N2O23/c1-4-6-8-10-12-14-16-18-19-20-21-22-23-24-25-26-27-29-31-33-35-37-39-41-54(79)72-48(49(78)40-38-36-34-32-30-28-17-15-13-11-9-7-5-2)46-88-68-61(85)60(84)64(53(45-76)92-68)93-69-63(87)66(58(82)52(44-75)90-69)95-70-62(86)65(57(81)51(43-74)91-70)94-67-55(71-47(3)77)59(83)56(80)50(42-73)89-67/h38,40,48-53,55-70,73-76,78,80-87H,4-37,39,41-46H2,1-3H3,(H,71,77)(H,72,79)/b40-38+/t48-,49+,50?,51?,52?,53?,55?,56+,57-,58-,59+,60+,61?,62?,63?,64+,65-,66-,67-,68+,69-,70+/m0/s1. The van der Waals surface area contributed by atoms with E-state index in [1.165, 1.54) is 167 Å². The number of amides is 2. The highest BCUT2D eigenvalue weighted by atomic mass is 16.8. The molecule has 4 heterocycles. The first-order valence-corrected chi connectivity index (χ1v) is 36.9. The molecule has 4 aliphatic rings. The molecule has 4 saturated heterocycles. The van der Waals surface area contributed by atoms with E-state index in [0.717, 1.165) is 51.9 Å². The number of carbonyl (C=O) groups excluding carboxylic acids is 2. The second kappa shape index (κ2) is 50.2. The van der Waals surface area contributed by atoms with Crippen LogP contribution in [0.2, 0.25) is 0 Å². The van der Waals surface area contributed by atoms with E-state index < -0.39 is 174 Å². The first-order valence-electron chi connectivity index (χ1n) is 36.9. The average molecular weight is 1370 g/mol. The van der Waals surface area contributed by atoms with Crippen LogP contribution in [0.5, 0.6) is 0 Å². The lowest BCUT2D eigenvalue weighted by Crippen LogP contribution is -2.69. The molecule has 4 aliphatic heterocycles. The van der Waals surface area contributed by atoms with E-state index in [4.69, 9.17) is 37.9 Å². The summed E-state index contributed by atoms with van der Waals surface area (Å²) in [5, 5.41) is 148. The minimum absolute atomic E-state index is 0.213. The van der Waals surface area contributed by atoms with Gasteiger partial charge in [0.1, 0.15) is 97.6 Å². The van der Waals surface area contributed by atoms with Crippen molar-refractivity contribution in [1.29, 1.82) is 0 Å². The Hall–Kier alpha value is -2.16. The van der Waals surface area contributed by atoms with E-state index in [2.05, 4.69) is 24.5 Å². The van der Waals surface area contributed by atoms with Gasteiger partial charge in [0, 0.05) is 13.3 Å². The molecular weight excluding hydrogens is 1240 g/mol. The first kappa shape index (κ1) is 85.3. The molecular formula is C70H130N2O23. The van der Waals surface area contributed by atoms with Crippen molar-refractivity contribution in [3.8, 4) is 0 Å². The number of hydrogen-bond acceptors (Lipinski definition) is 23. The number of carbonyl (C=O) groups is 2. The molecule has 0 aliphatic carbocycles. The van der Waals surface area contributed by atoms with Gasteiger partial charge in [-0.05, 0) is 19.3 Å². The number of allylic oxidation sites excluding steroid dienone is 1. The van der Waals surface area contributed by atoms with Gasteiger partial charge >= 0.3 is 0 Å². The van der Waals surface area contributed by atoms with Gasteiger partial charge in [-0.25, -0.2) is 0 Å². The van der Waals surface area contributed by atoms with Crippen LogP contribution in [0.4, 0.5) is 0 Å². The summed E-state index contributed by atoms with van der Waals surface area (Å²) in [6, 6.07) is -2.55. The summed E-state index contributed by atoms with van der Waals surface area (Å²) in [6.45, 7) is 1.61. The number of unbranched alkanes of at least 4 members (excludes halogenated alkanes) is 33. The quantitative estimate of drug-likeness (QED) is 0.0284. The van der Waals surface area contributed by atoms with Gasteiger partial charge in [0.15, 0.2) is 25.2 Å². The van der Waals surface area contributed by atoms with Crippen molar-refractivity contribution in [3.63, 3.8) is 0 Å². The Bertz CT molecular complexity index is 1970. The van der Waals surface area contributed by atoms with Crippen LogP contribution in [0.25, 0.3) is 0 Å². The van der Waals surface area contributed by atoms with Crippen LogP contribution in [0, 0.1) is 0 Å². The van der Waals surface area contributed by atoms with Gasteiger partial charge in [-0.15, -0.1) is 0 Å². The summed E-state index contributed by atoms with van der Waals surface area (Å²) < 4.78 is 46.6. The van der Waals surface area contributed by atoms with Crippen LogP contribution >= 0.6 is 0 Å². The Morgan fingerprint density at radius 1 is 0.411 bits per heavy atom. The fraction of sp³-hybridized carbons (Fsp3) is 0.943. The number of nitrogens with one attached hydrogen (secondary N) is 2. The minimum Gasteiger partial charge on any atom is -0.394 e. The molecule has 25 heteroatoms. The lowest BCUT2D eigenvalue weighted by atomic mass is 9.95. The Labute approximate surface area is 566 Å². The summed E-state index contributed by atoms with van der Waals surface area (Å²) in [5.74, 6) is -1.01.